The van der Waals surface area contributed by atoms with Crippen molar-refractivity contribution in [2.75, 3.05) is 13.2 Å². The number of carbonyl (C=O) groups is 2. The van der Waals surface area contributed by atoms with E-state index in [0.29, 0.717) is 11.3 Å². The standard InChI is InChI=1S/C20H20N2O6S/c1-14(18-11-15-7-5-6-10-17(15)28-18)22-19(23)13-27-20(24)12-21-29(25,26)16-8-3-2-4-9-16/h2-11,14,21H,12-13H2,1H3,(H,22,23)/t14-/m1/s1. The molecule has 9 heteroatoms. The summed E-state index contributed by atoms with van der Waals surface area (Å²) < 4.78 is 36.7. The normalized spacial score (nSPS) is 12.4. The van der Waals surface area contributed by atoms with Crippen molar-refractivity contribution in [2.45, 2.75) is 17.9 Å². The molecule has 8 nitrogen and oxygen atoms in total. The number of nitrogens with one attached hydrogen (secondary N) is 2. The number of ether oxygens (including phenoxy) is 1. The van der Waals surface area contributed by atoms with Gasteiger partial charge in [0.25, 0.3) is 5.91 Å². The molecular weight excluding hydrogens is 396 g/mol. The summed E-state index contributed by atoms with van der Waals surface area (Å²) in [5.74, 6) is -0.824. The van der Waals surface area contributed by atoms with Crippen molar-refractivity contribution in [3.63, 3.8) is 0 Å². The lowest BCUT2D eigenvalue weighted by Gasteiger charge is -2.12. The number of benzene rings is 2. The van der Waals surface area contributed by atoms with Gasteiger partial charge in [0.1, 0.15) is 17.9 Å². The molecule has 1 aromatic heterocycles. The van der Waals surface area contributed by atoms with Crippen LogP contribution in [0.1, 0.15) is 18.7 Å². The highest BCUT2D eigenvalue weighted by molar-refractivity contribution is 7.89. The molecule has 0 unspecified atom stereocenters. The minimum absolute atomic E-state index is 0.0326. The Labute approximate surface area is 167 Å². The number of carbonyl (C=O) groups excluding carboxylic acids is 2. The van der Waals surface area contributed by atoms with Crippen LogP contribution in [-0.2, 0) is 24.3 Å². The Morgan fingerprint density at radius 2 is 1.76 bits per heavy atom. The Morgan fingerprint density at radius 1 is 1.07 bits per heavy atom. The maximum Gasteiger partial charge on any atom is 0.321 e. The summed E-state index contributed by atoms with van der Waals surface area (Å²) in [5, 5.41) is 3.58. The van der Waals surface area contributed by atoms with Crippen LogP contribution in [0.2, 0.25) is 0 Å². The van der Waals surface area contributed by atoms with Crippen LogP contribution in [0.3, 0.4) is 0 Å². The van der Waals surface area contributed by atoms with Crippen molar-refractivity contribution in [3.8, 4) is 0 Å². The van der Waals surface area contributed by atoms with E-state index >= 15 is 0 Å². The first-order chi connectivity index (χ1) is 13.8. The van der Waals surface area contributed by atoms with Crippen LogP contribution in [0.15, 0.2) is 70.0 Å². The molecule has 0 bridgehead atoms. The maximum absolute atomic E-state index is 12.0. The van der Waals surface area contributed by atoms with Gasteiger partial charge in [0.05, 0.1) is 10.9 Å². The van der Waals surface area contributed by atoms with Crippen molar-refractivity contribution >= 4 is 32.9 Å². The predicted octanol–water partition coefficient (Wildman–Crippen LogP) is 2.13. The van der Waals surface area contributed by atoms with E-state index in [9.17, 15) is 18.0 Å². The second-order valence-electron chi connectivity index (χ2n) is 6.27. The lowest BCUT2D eigenvalue weighted by atomic mass is 10.2. The van der Waals surface area contributed by atoms with E-state index < -0.39 is 41.1 Å². The lowest BCUT2D eigenvalue weighted by Crippen LogP contribution is -2.34. The number of amides is 1. The zero-order valence-electron chi connectivity index (χ0n) is 15.6. The van der Waals surface area contributed by atoms with E-state index in [-0.39, 0.29) is 4.90 Å². The van der Waals surface area contributed by atoms with E-state index in [1.54, 1.807) is 25.1 Å². The van der Waals surface area contributed by atoms with Crippen LogP contribution < -0.4 is 10.0 Å². The smallest absolute Gasteiger partial charge is 0.321 e. The van der Waals surface area contributed by atoms with Crippen molar-refractivity contribution in [1.82, 2.24) is 10.0 Å². The lowest BCUT2D eigenvalue weighted by molar-refractivity contribution is -0.147. The highest BCUT2D eigenvalue weighted by Crippen LogP contribution is 2.23. The number of hydrogen-bond acceptors (Lipinski definition) is 6. The Hall–Kier alpha value is -3.17. The van der Waals surface area contributed by atoms with Crippen LogP contribution in [0.25, 0.3) is 11.0 Å². The van der Waals surface area contributed by atoms with E-state index in [2.05, 4.69) is 10.0 Å². The van der Waals surface area contributed by atoms with Crippen molar-refractivity contribution in [3.05, 3.63) is 66.4 Å². The molecule has 0 fully saturated rings. The molecule has 0 aliphatic rings. The number of hydrogen-bond donors (Lipinski definition) is 2. The van der Waals surface area contributed by atoms with Crippen LogP contribution in [-0.4, -0.2) is 33.4 Å². The largest absolute Gasteiger partial charge is 0.459 e. The molecule has 3 aromatic rings. The van der Waals surface area contributed by atoms with Gasteiger partial charge < -0.3 is 14.5 Å². The molecule has 0 spiro atoms. The number of para-hydroxylation sites is 1. The Bertz CT molecular complexity index is 1080. The topological polar surface area (TPSA) is 115 Å². The number of sulfonamides is 1. The zero-order chi connectivity index (χ0) is 20.9. The SMILES string of the molecule is C[C@@H](NC(=O)COC(=O)CNS(=O)(=O)c1ccccc1)c1cc2ccccc2o1. The molecule has 29 heavy (non-hydrogen) atoms. The summed E-state index contributed by atoms with van der Waals surface area (Å²) in [6, 6.07) is 16.5. The number of furan rings is 1. The molecule has 0 saturated carbocycles. The molecule has 0 saturated heterocycles. The van der Waals surface area contributed by atoms with Crippen LogP contribution >= 0.6 is 0 Å². The van der Waals surface area contributed by atoms with Gasteiger partial charge in [0, 0.05) is 5.39 Å². The second-order valence-corrected chi connectivity index (χ2v) is 8.04. The molecule has 2 aromatic carbocycles. The van der Waals surface area contributed by atoms with E-state index in [1.807, 2.05) is 30.3 Å². The minimum atomic E-state index is -3.83. The van der Waals surface area contributed by atoms with Gasteiger partial charge in [0.2, 0.25) is 10.0 Å². The molecule has 0 radical (unpaired) electrons. The van der Waals surface area contributed by atoms with Gasteiger partial charge in [-0.1, -0.05) is 36.4 Å². The molecule has 152 valence electrons. The first-order valence-corrected chi connectivity index (χ1v) is 10.3. The third kappa shape index (κ3) is 5.43. The fourth-order valence-corrected chi connectivity index (χ4v) is 3.59. The average molecular weight is 416 g/mol. The third-order valence-corrected chi connectivity index (χ3v) is 5.49. The fraction of sp³-hybridized carbons (Fsp3) is 0.200. The molecule has 1 heterocycles. The quantitative estimate of drug-likeness (QED) is 0.544. The van der Waals surface area contributed by atoms with Gasteiger partial charge >= 0.3 is 5.97 Å². The maximum atomic E-state index is 12.0. The number of fused-ring (bicyclic) bond motifs is 1. The summed E-state index contributed by atoms with van der Waals surface area (Å²) in [6.07, 6.45) is 0. The molecule has 2 N–H and O–H groups in total. The predicted molar refractivity (Wildman–Crippen MR) is 105 cm³/mol. The molecule has 0 aliphatic heterocycles. The molecule has 0 aliphatic carbocycles. The summed E-state index contributed by atoms with van der Waals surface area (Å²) in [7, 11) is -3.83. The Kier molecular flexibility index (Phi) is 6.30. The van der Waals surface area contributed by atoms with Gasteiger partial charge in [-0.2, -0.15) is 4.72 Å². The third-order valence-electron chi connectivity index (χ3n) is 4.07. The second kappa shape index (κ2) is 8.89. The number of rotatable bonds is 8. The molecular formula is C20H20N2O6S. The summed E-state index contributed by atoms with van der Waals surface area (Å²) >= 11 is 0. The van der Waals surface area contributed by atoms with Gasteiger partial charge in [0.15, 0.2) is 6.61 Å². The zero-order valence-corrected chi connectivity index (χ0v) is 16.4. The van der Waals surface area contributed by atoms with Crippen LogP contribution in [0, 0.1) is 0 Å². The van der Waals surface area contributed by atoms with Gasteiger partial charge in [-0.25, -0.2) is 8.42 Å². The minimum Gasteiger partial charge on any atom is -0.459 e. The first-order valence-electron chi connectivity index (χ1n) is 8.83. The van der Waals surface area contributed by atoms with Crippen molar-refractivity contribution in [2.24, 2.45) is 0 Å². The van der Waals surface area contributed by atoms with Gasteiger partial charge in [-0.15, -0.1) is 0 Å². The van der Waals surface area contributed by atoms with Crippen LogP contribution in [0.5, 0.6) is 0 Å². The summed E-state index contributed by atoms with van der Waals surface area (Å²) in [5.41, 5.74) is 0.709. The Balaban J connectivity index is 1.45. The van der Waals surface area contributed by atoms with Gasteiger partial charge in [-0.05, 0) is 31.2 Å². The monoisotopic (exact) mass is 416 g/mol. The fourth-order valence-electron chi connectivity index (χ4n) is 2.60. The highest BCUT2D eigenvalue weighted by Gasteiger charge is 2.18. The number of esters is 1. The first kappa shape index (κ1) is 20.6. The molecule has 1 amide bonds. The molecule has 1 atom stereocenters. The van der Waals surface area contributed by atoms with Crippen LogP contribution in [0.4, 0.5) is 0 Å². The molecule has 3 rings (SSSR count). The highest BCUT2D eigenvalue weighted by atomic mass is 32.2. The van der Waals surface area contributed by atoms with Crippen molar-refractivity contribution in [1.29, 1.82) is 0 Å². The summed E-state index contributed by atoms with van der Waals surface area (Å²) in [4.78, 5) is 23.8. The van der Waals surface area contributed by atoms with E-state index in [0.717, 1.165) is 5.39 Å². The Morgan fingerprint density at radius 3 is 2.48 bits per heavy atom. The van der Waals surface area contributed by atoms with Gasteiger partial charge in [-0.3, -0.25) is 9.59 Å². The average Bonchev–Trinajstić information content (AvgIpc) is 3.16. The van der Waals surface area contributed by atoms with Crippen molar-refractivity contribution < 1.29 is 27.2 Å². The van der Waals surface area contributed by atoms with E-state index in [4.69, 9.17) is 9.15 Å². The van der Waals surface area contributed by atoms with E-state index in [1.165, 1.54) is 12.1 Å². The summed E-state index contributed by atoms with van der Waals surface area (Å²) in [6.45, 7) is 0.630.